The SMILES string of the molecule is CSc1ccc(NC(=O)Cn2cc(NC(=O)CC3COCCN3)cn2)cc1.Cl. The van der Waals surface area contributed by atoms with Gasteiger partial charge in [0.1, 0.15) is 6.54 Å². The third-order valence-corrected chi connectivity index (χ3v) is 4.77. The molecule has 0 aliphatic carbocycles. The number of aromatic nitrogens is 2. The molecule has 1 fully saturated rings. The van der Waals surface area contributed by atoms with E-state index >= 15 is 0 Å². The molecule has 10 heteroatoms. The van der Waals surface area contributed by atoms with E-state index in [1.165, 1.54) is 10.9 Å². The number of rotatable bonds is 7. The average Bonchev–Trinajstić information content (AvgIpc) is 3.09. The van der Waals surface area contributed by atoms with Gasteiger partial charge in [-0.3, -0.25) is 14.3 Å². The summed E-state index contributed by atoms with van der Waals surface area (Å²) in [5, 5.41) is 13.0. The number of carbonyl (C=O) groups is 2. The average molecular weight is 426 g/mol. The number of ether oxygens (including phenoxy) is 1. The number of anilines is 2. The molecule has 1 aliphatic rings. The summed E-state index contributed by atoms with van der Waals surface area (Å²) in [7, 11) is 0. The zero-order valence-electron chi connectivity index (χ0n) is 15.5. The zero-order chi connectivity index (χ0) is 19.1. The van der Waals surface area contributed by atoms with Crippen molar-refractivity contribution >= 4 is 47.4 Å². The molecule has 1 aromatic carbocycles. The van der Waals surface area contributed by atoms with E-state index < -0.39 is 0 Å². The van der Waals surface area contributed by atoms with Crippen LogP contribution >= 0.6 is 24.2 Å². The predicted octanol–water partition coefficient (Wildman–Crippen LogP) is 1.98. The van der Waals surface area contributed by atoms with Gasteiger partial charge in [-0.05, 0) is 30.5 Å². The molecule has 2 amide bonds. The quantitative estimate of drug-likeness (QED) is 0.587. The highest BCUT2D eigenvalue weighted by Gasteiger charge is 2.17. The van der Waals surface area contributed by atoms with Crippen molar-refractivity contribution in [1.82, 2.24) is 15.1 Å². The number of thioether (sulfide) groups is 1. The van der Waals surface area contributed by atoms with Crippen molar-refractivity contribution in [3.63, 3.8) is 0 Å². The Morgan fingerprint density at radius 3 is 2.68 bits per heavy atom. The predicted molar refractivity (Wildman–Crippen MR) is 112 cm³/mol. The number of benzene rings is 1. The van der Waals surface area contributed by atoms with Crippen molar-refractivity contribution in [3.8, 4) is 0 Å². The number of hydrogen-bond acceptors (Lipinski definition) is 6. The molecule has 1 unspecified atom stereocenters. The molecule has 28 heavy (non-hydrogen) atoms. The van der Waals surface area contributed by atoms with E-state index in [-0.39, 0.29) is 36.8 Å². The number of hydrogen-bond donors (Lipinski definition) is 3. The lowest BCUT2D eigenvalue weighted by Gasteiger charge is -2.23. The highest BCUT2D eigenvalue weighted by Crippen LogP contribution is 2.17. The van der Waals surface area contributed by atoms with E-state index in [9.17, 15) is 9.59 Å². The maximum atomic E-state index is 12.1. The third-order valence-electron chi connectivity index (χ3n) is 4.03. The number of nitrogens with zero attached hydrogens (tertiary/aromatic N) is 2. The van der Waals surface area contributed by atoms with Crippen molar-refractivity contribution in [2.24, 2.45) is 0 Å². The smallest absolute Gasteiger partial charge is 0.246 e. The van der Waals surface area contributed by atoms with Gasteiger partial charge in [0.15, 0.2) is 0 Å². The summed E-state index contributed by atoms with van der Waals surface area (Å²) in [4.78, 5) is 25.4. The Bertz CT molecular complexity index is 778. The molecule has 152 valence electrons. The molecule has 0 radical (unpaired) electrons. The molecule has 1 aromatic heterocycles. The first-order chi connectivity index (χ1) is 13.1. The summed E-state index contributed by atoms with van der Waals surface area (Å²) >= 11 is 1.65. The van der Waals surface area contributed by atoms with E-state index in [0.29, 0.717) is 25.3 Å². The molecule has 0 saturated carbocycles. The molecular formula is C18H24ClN5O3S. The van der Waals surface area contributed by atoms with Gasteiger partial charge in [-0.25, -0.2) is 0 Å². The second-order valence-electron chi connectivity index (χ2n) is 6.18. The fraction of sp³-hybridized carbons (Fsp3) is 0.389. The van der Waals surface area contributed by atoms with E-state index in [0.717, 1.165) is 17.1 Å². The van der Waals surface area contributed by atoms with E-state index in [4.69, 9.17) is 4.74 Å². The normalized spacial score (nSPS) is 16.1. The third kappa shape index (κ3) is 6.83. The Kier molecular flexibility index (Phi) is 8.78. The molecule has 1 aliphatic heterocycles. The lowest BCUT2D eigenvalue weighted by Crippen LogP contribution is -2.43. The molecule has 3 N–H and O–H groups in total. The second kappa shape index (κ2) is 11.1. The number of carbonyl (C=O) groups excluding carboxylic acids is 2. The van der Waals surface area contributed by atoms with Crippen LogP contribution in [0.15, 0.2) is 41.6 Å². The van der Waals surface area contributed by atoms with Gasteiger partial charge < -0.3 is 20.7 Å². The maximum Gasteiger partial charge on any atom is 0.246 e. The van der Waals surface area contributed by atoms with Crippen LogP contribution in [-0.4, -0.2) is 53.7 Å². The summed E-state index contributed by atoms with van der Waals surface area (Å²) < 4.78 is 6.83. The van der Waals surface area contributed by atoms with Crippen LogP contribution in [-0.2, 0) is 20.9 Å². The van der Waals surface area contributed by atoms with Crippen molar-refractivity contribution < 1.29 is 14.3 Å². The standard InChI is InChI=1S/C18H23N5O3S.ClH/c1-27-16-4-2-13(3-5-16)21-18(25)11-23-10-15(9-20-23)22-17(24)8-14-12-26-7-6-19-14;/h2-5,9-10,14,19H,6-8,11-12H2,1H3,(H,21,25)(H,22,24);1H. The fourth-order valence-electron chi connectivity index (χ4n) is 2.72. The minimum atomic E-state index is -0.184. The highest BCUT2D eigenvalue weighted by molar-refractivity contribution is 7.98. The zero-order valence-corrected chi connectivity index (χ0v) is 17.1. The molecule has 1 saturated heterocycles. The Balaban J connectivity index is 0.00000280. The number of amides is 2. The lowest BCUT2D eigenvalue weighted by molar-refractivity contribution is -0.117. The highest BCUT2D eigenvalue weighted by atomic mass is 35.5. The molecule has 0 bridgehead atoms. The molecule has 1 atom stereocenters. The first-order valence-electron chi connectivity index (χ1n) is 8.70. The number of nitrogens with one attached hydrogen (secondary N) is 3. The van der Waals surface area contributed by atoms with Gasteiger partial charge in [0.2, 0.25) is 11.8 Å². The second-order valence-corrected chi connectivity index (χ2v) is 7.06. The first kappa shape index (κ1) is 22.2. The van der Waals surface area contributed by atoms with Gasteiger partial charge in [0.05, 0.1) is 25.1 Å². The molecule has 0 spiro atoms. The minimum Gasteiger partial charge on any atom is -0.378 e. The molecule has 2 heterocycles. The van der Waals surface area contributed by atoms with Crippen LogP contribution in [0.5, 0.6) is 0 Å². The number of morpholine rings is 1. The molecule has 3 rings (SSSR count). The molecule has 8 nitrogen and oxygen atoms in total. The molecule has 2 aromatic rings. The van der Waals surface area contributed by atoms with Gasteiger partial charge in [-0.15, -0.1) is 24.2 Å². The van der Waals surface area contributed by atoms with Crippen LogP contribution in [0.25, 0.3) is 0 Å². The fourth-order valence-corrected chi connectivity index (χ4v) is 3.13. The van der Waals surface area contributed by atoms with Gasteiger partial charge in [0, 0.05) is 35.8 Å². The van der Waals surface area contributed by atoms with E-state index in [1.54, 1.807) is 18.0 Å². The van der Waals surface area contributed by atoms with Gasteiger partial charge in [-0.1, -0.05) is 0 Å². The van der Waals surface area contributed by atoms with Crippen LogP contribution in [0, 0.1) is 0 Å². The van der Waals surface area contributed by atoms with E-state index in [1.807, 2.05) is 30.5 Å². The summed E-state index contributed by atoms with van der Waals surface area (Å²) in [5.74, 6) is -0.299. The summed E-state index contributed by atoms with van der Waals surface area (Å²) in [6.07, 6.45) is 5.50. The topological polar surface area (TPSA) is 97.3 Å². The van der Waals surface area contributed by atoms with Crippen LogP contribution in [0.4, 0.5) is 11.4 Å². The summed E-state index contributed by atoms with van der Waals surface area (Å²) in [5.41, 5.74) is 1.30. The Labute approximate surface area is 174 Å². The monoisotopic (exact) mass is 425 g/mol. The van der Waals surface area contributed by atoms with Gasteiger partial charge in [-0.2, -0.15) is 5.10 Å². The van der Waals surface area contributed by atoms with Crippen molar-refractivity contribution in [1.29, 1.82) is 0 Å². The minimum absolute atomic E-state index is 0. The van der Waals surface area contributed by atoms with Crippen molar-refractivity contribution in [2.75, 3.05) is 36.6 Å². The first-order valence-corrected chi connectivity index (χ1v) is 9.92. The van der Waals surface area contributed by atoms with Gasteiger partial charge >= 0.3 is 0 Å². The van der Waals surface area contributed by atoms with Crippen LogP contribution in [0.1, 0.15) is 6.42 Å². The van der Waals surface area contributed by atoms with Crippen LogP contribution in [0.2, 0.25) is 0 Å². The van der Waals surface area contributed by atoms with Crippen molar-refractivity contribution in [3.05, 3.63) is 36.7 Å². The largest absolute Gasteiger partial charge is 0.378 e. The number of halogens is 1. The Morgan fingerprint density at radius 2 is 2.00 bits per heavy atom. The van der Waals surface area contributed by atoms with Crippen LogP contribution in [0.3, 0.4) is 0 Å². The lowest BCUT2D eigenvalue weighted by atomic mass is 10.2. The summed E-state index contributed by atoms with van der Waals surface area (Å²) in [6, 6.07) is 7.66. The van der Waals surface area contributed by atoms with Crippen LogP contribution < -0.4 is 16.0 Å². The molecular weight excluding hydrogens is 402 g/mol. The summed E-state index contributed by atoms with van der Waals surface area (Å²) in [6.45, 7) is 2.03. The van der Waals surface area contributed by atoms with Gasteiger partial charge in [0.25, 0.3) is 0 Å². The Morgan fingerprint density at radius 1 is 1.25 bits per heavy atom. The van der Waals surface area contributed by atoms with E-state index in [2.05, 4.69) is 21.0 Å². The van der Waals surface area contributed by atoms with Crippen molar-refractivity contribution in [2.45, 2.75) is 23.9 Å². The Hall–Kier alpha value is -2.07. The maximum absolute atomic E-state index is 12.1.